The van der Waals surface area contributed by atoms with Gasteiger partial charge in [-0.15, -0.1) is 0 Å². The van der Waals surface area contributed by atoms with Gasteiger partial charge in [-0.2, -0.15) is 0 Å². The molecule has 0 amide bonds. The summed E-state index contributed by atoms with van der Waals surface area (Å²) in [5, 5.41) is 0. The Bertz CT molecular complexity index is 397. The van der Waals surface area contributed by atoms with Crippen molar-refractivity contribution in [1.29, 1.82) is 0 Å². The van der Waals surface area contributed by atoms with Gasteiger partial charge in [-0.05, 0) is 50.3 Å². The van der Waals surface area contributed by atoms with Gasteiger partial charge in [-0.25, -0.2) is 0 Å². The molecule has 106 valence electrons. The molecule has 2 N–H and O–H groups in total. The highest BCUT2D eigenvalue weighted by Crippen LogP contribution is 2.44. The van der Waals surface area contributed by atoms with Gasteiger partial charge in [-0.3, -0.25) is 4.90 Å². The minimum Gasteiger partial charge on any atom is -0.468 e. The van der Waals surface area contributed by atoms with Crippen LogP contribution in [0.4, 0.5) is 0 Å². The van der Waals surface area contributed by atoms with Crippen molar-refractivity contribution in [1.82, 2.24) is 4.90 Å². The van der Waals surface area contributed by atoms with Crippen LogP contribution in [0, 0.1) is 5.41 Å². The molecule has 0 unspecified atom stereocenters. The molecule has 1 aliphatic carbocycles. The number of rotatable bonds is 3. The third-order valence-electron chi connectivity index (χ3n) is 5.25. The summed E-state index contributed by atoms with van der Waals surface area (Å²) in [4.78, 5) is 2.57. The minimum absolute atomic E-state index is 0.514. The van der Waals surface area contributed by atoms with Crippen molar-refractivity contribution >= 4 is 0 Å². The van der Waals surface area contributed by atoms with Gasteiger partial charge in [0.1, 0.15) is 5.76 Å². The van der Waals surface area contributed by atoms with E-state index in [2.05, 4.69) is 11.0 Å². The molecule has 2 heterocycles. The number of nitrogens with zero attached hydrogens (tertiary/aromatic N) is 1. The third kappa shape index (κ3) is 2.87. The number of hydrogen-bond donors (Lipinski definition) is 1. The van der Waals surface area contributed by atoms with E-state index in [4.69, 9.17) is 10.2 Å². The third-order valence-corrected chi connectivity index (χ3v) is 5.25. The first-order valence-corrected chi connectivity index (χ1v) is 7.79. The second-order valence-corrected chi connectivity index (χ2v) is 6.41. The van der Waals surface area contributed by atoms with Crippen molar-refractivity contribution in [3.63, 3.8) is 0 Å². The fraction of sp³-hybridized carbons (Fsp3) is 0.750. The van der Waals surface area contributed by atoms with Crippen molar-refractivity contribution in [2.24, 2.45) is 11.1 Å². The summed E-state index contributed by atoms with van der Waals surface area (Å²) in [5.74, 6) is 0.956. The van der Waals surface area contributed by atoms with Gasteiger partial charge < -0.3 is 10.2 Å². The van der Waals surface area contributed by atoms with Gasteiger partial charge in [0.15, 0.2) is 0 Å². The molecule has 3 nitrogen and oxygen atoms in total. The van der Waals surface area contributed by atoms with Gasteiger partial charge >= 0.3 is 0 Å². The highest BCUT2D eigenvalue weighted by atomic mass is 16.3. The lowest BCUT2D eigenvalue weighted by atomic mass is 9.68. The van der Waals surface area contributed by atoms with Crippen molar-refractivity contribution in [3.8, 4) is 0 Å². The molecule has 3 heteroatoms. The number of furan rings is 1. The monoisotopic (exact) mass is 262 g/mol. The molecule has 1 saturated heterocycles. The molecule has 2 fully saturated rings. The Morgan fingerprint density at radius 2 is 1.84 bits per heavy atom. The largest absolute Gasteiger partial charge is 0.468 e. The highest BCUT2D eigenvalue weighted by Gasteiger charge is 2.35. The molecule has 19 heavy (non-hydrogen) atoms. The molecular weight excluding hydrogens is 236 g/mol. The minimum atomic E-state index is 0.514. The summed E-state index contributed by atoms with van der Waals surface area (Å²) >= 11 is 0. The average molecular weight is 262 g/mol. The lowest BCUT2D eigenvalue weighted by Gasteiger charge is -2.44. The van der Waals surface area contributed by atoms with Crippen LogP contribution in [0.1, 0.15) is 56.3 Å². The first-order valence-electron chi connectivity index (χ1n) is 7.79. The van der Waals surface area contributed by atoms with Crippen LogP contribution in [0.3, 0.4) is 0 Å². The van der Waals surface area contributed by atoms with Gasteiger partial charge in [0.25, 0.3) is 0 Å². The van der Waals surface area contributed by atoms with Crippen LogP contribution in [0.25, 0.3) is 0 Å². The molecule has 1 saturated carbocycles. The van der Waals surface area contributed by atoms with E-state index in [1.165, 1.54) is 63.6 Å². The molecule has 1 spiro atoms. The first kappa shape index (κ1) is 13.2. The molecule has 0 atom stereocenters. The van der Waals surface area contributed by atoms with Gasteiger partial charge in [-0.1, -0.05) is 19.3 Å². The van der Waals surface area contributed by atoms with Crippen LogP contribution in [-0.2, 0) is 13.1 Å². The molecule has 2 aliphatic rings. The molecule has 0 aromatic carbocycles. The van der Waals surface area contributed by atoms with E-state index in [0.29, 0.717) is 12.0 Å². The zero-order valence-corrected chi connectivity index (χ0v) is 11.9. The maximum Gasteiger partial charge on any atom is 0.121 e. The summed E-state index contributed by atoms with van der Waals surface area (Å²) in [6.45, 7) is 4.02. The smallest absolute Gasteiger partial charge is 0.121 e. The van der Waals surface area contributed by atoms with Crippen molar-refractivity contribution < 1.29 is 4.42 Å². The van der Waals surface area contributed by atoms with E-state index in [1.807, 2.05) is 0 Å². The predicted octanol–water partition coefficient (Wildman–Crippen LogP) is 3.28. The van der Waals surface area contributed by atoms with E-state index in [1.54, 1.807) is 6.26 Å². The Kier molecular flexibility index (Phi) is 3.94. The Hall–Kier alpha value is -0.800. The van der Waals surface area contributed by atoms with Gasteiger partial charge in [0, 0.05) is 12.1 Å². The summed E-state index contributed by atoms with van der Waals surface area (Å²) < 4.78 is 5.41. The second-order valence-electron chi connectivity index (χ2n) is 6.41. The van der Waals surface area contributed by atoms with Crippen LogP contribution in [-0.4, -0.2) is 18.0 Å². The molecule has 1 aromatic rings. The summed E-state index contributed by atoms with van der Waals surface area (Å²) in [7, 11) is 0. The van der Waals surface area contributed by atoms with Crippen LogP contribution in [0.2, 0.25) is 0 Å². The maximum atomic E-state index is 5.70. The van der Waals surface area contributed by atoms with Gasteiger partial charge in [0.05, 0.1) is 12.8 Å². The van der Waals surface area contributed by atoms with Crippen LogP contribution >= 0.6 is 0 Å². The van der Waals surface area contributed by atoms with Crippen molar-refractivity contribution in [3.05, 3.63) is 23.7 Å². The standard InChI is InChI=1S/C16H26N2O/c17-12-15-14(4-11-19-15)13-18-9-7-16(8-10-18)5-2-1-3-6-16/h4,11H,1-3,5-10,12-13,17H2. The molecule has 3 rings (SSSR count). The average Bonchev–Trinajstić information content (AvgIpc) is 2.90. The van der Waals surface area contributed by atoms with Crippen molar-refractivity contribution in [2.75, 3.05) is 13.1 Å². The summed E-state index contributed by atoms with van der Waals surface area (Å²) in [6.07, 6.45) is 11.9. The zero-order valence-electron chi connectivity index (χ0n) is 11.9. The van der Waals surface area contributed by atoms with Crippen LogP contribution in [0.15, 0.2) is 16.7 Å². The SMILES string of the molecule is NCc1occc1CN1CCC2(CCCCC2)CC1. The highest BCUT2D eigenvalue weighted by molar-refractivity contribution is 5.16. The Balaban J connectivity index is 1.55. The lowest BCUT2D eigenvalue weighted by molar-refractivity contribution is 0.0639. The van der Waals surface area contributed by atoms with E-state index < -0.39 is 0 Å². The van der Waals surface area contributed by atoms with E-state index in [-0.39, 0.29) is 0 Å². The maximum absolute atomic E-state index is 5.70. The Morgan fingerprint density at radius 1 is 1.11 bits per heavy atom. The van der Waals surface area contributed by atoms with E-state index in [9.17, 15) is 0 Å². The van der Waals surface area contributed by atoms with Gasteiger partial charge in [0.2, 0.25) is 0 Å². The lowest BCUT2D eigenvalue weighted by Crippen LogP contribution is -2.40. The van der Waals surface area contributed by atoms with Crippen LogP contribution < -0.4 is 5.73 Å². The molecule has 0 bridgehead atoms. The number of nitrogens with two attached hydrogens (primary N) is 1. The second kappa shape index (κ2) is 5.68. The number of likely N-dealkylation sites (tertiary alicyclic amines) is 1. The van der Waals surface area contributed by atoms with Crippen LogP contribution in [0.5, 0.6) is 0 Å². The topological polar surface area (TPSA) is 42.4 Å². The number of hydrogen-bond acceptors (Lipinski definition) is 3. The Morgan fingerprint density at radius 3 is 2.53 bits per heavy atom. The quantitative estimate of drug-likeness (QED) is 0.909. The summed E-state index contributed by atoms with van der Waals surface area (Å²) in [6, 6.07) is 2.08. The predicted molar refractivity (Wildman–Crippen MR) is 76.6 cm³/mol. The Labute approximate surface area is 116 Å². The first-order chi connectivity index (χ1) is 9.31. The number of piperidine rings is 1. The molecular formula is C16H26N2O. The van der Waals surface area contributed by atoms with E-state index >= 15 is 0 Å². The fourth-order valence-corrected chi connectivity index (χ4v) is 3.92. The zero-order chi connectivity index (χ0) is 13.1. The molecule has 1 aromatic heterocycles. The normalized spacial score (nSPS) is 23.8. The molecule has 1 aliphatic heterocycles. The summed E-state index contributed by atoms with van der Waals surface area (Å²) in [5.41, 5.74) is 7.68. The molecule has 0 radical (unpaired) electrons. The van der Waals surface area contributed by atoms with Crippen molar-refractivity contribution in [2.45, 2.75) is 58.0 Å². The fourth-order valence-electron chi connectivity index (χ4n) is 3.92. The van der Waals surface area contributed by atoms with E-state index in [0.717, 1.165) is 12.3 Å².